The fraction of sp³-hybridized carbons (Fsp3) is 0.500. The van der Waals surface area contributed by atoms with Crippen LogP contribution in [0.5, 0.6) is 0 Å². The molecule has 1 aliphatic carbocycles. The third-order valence-corrected chi connectivity index (χ3v) is 5.50. The van der Waals surface area contributed by atoms with E-state index in [4.69, 9.17) is 9.05 Å². The fourth-order valence-corrected chi connectivity index (χ4v) is 3.32. The first-order valence-corrected chi connectivity index (χ1v) is 8.10. The molecule has 1 saturated carbocycles. The van der Waals surface area contributed by atoms with E-state index in [1.54, 1.807) is 0 Å². The highest BCUT2D eigenvalue weighted by Gasteiger charge is 2.43. The molecular weight excluding hydrogens is 263 g/mol. The quantitative estimate of drug-likeness (QED) is 0.720. The molecule has 5 heteroatoms. The number of Topliss-reactive ketones (excluding diaryl/α,β-unsaturated/α-hetero) is 1. The number of ketones is 1. The largest absolute Gasteiger partial charge is 0.330 e. The van der Waals surface area contributed by atoms with Crippen LogP contribution >= 0.6 is 7.60 Å². The minimum absolute atomic E-state index is 0.0737. The molecule has 2 atom stereocenters. The van der Waals surface area contributed by atoms with Crippen molar-refractivity contribution in [2.24, 2.45) is 5.92 Å². The van der Waals surface area contributed by atoms with Crippen molar-refractivity contribution in [3.8, 4) is 0 Å². The second-order valence-corrected chi connectivity index (χ2v) is 7.17. The summed E-state index contributed by atoms with van der Waals surface area (Å²) in [4.78, 5) is 12.0. The van der Waals surface area contributed by atoms with Crippen molar-refractivity contribution in [3.63, 3.8) is 0 Å². The van der Waals surface area contributed by atoms with Gasteiger partial charge in [0.1, 0.15) is 5.78 Å². The van der Waals surface area contributed by atoms with E-state index < -0.39 is 7.60 Å². The molecule has 2 unspecified atom stereocenters. The van der Waals surface area contributed by atoms with Crippen LogP contribution in [0.2, 0.25) is 0 Å². The molecule has 0 spiro atoms. The highest BCUT2D eigenvalue weighted by molar-refractivity contribution is 7.53. The minimum Gasteiger partial charge on any atom is -0.312 e. The third-order valence-electron chi connectivity index (χ3n) is 3.62. The summed E-state index contributed by atoms with van der Waals surface area (Å²) in [7, 11) is -0.368. The molecule has 0 amide bonds. The first-order valence-electron chi connectivity index (χ1n) is 6.38. The summed E-state index contributed by atoms with van der Waals surface area (Å²) < 4.78 is 21.5. The maximum absolute atomic E-state index is 12.0. The second kappa shape index (κ2) is 6.00. The predicted octanol–water partition coefficient (Wildman–Crippen LogP) is 3.24. The Morgan fingerprint density at radius 2 is 1.89 bits per heavy atom. The highest BCUT2D eigenvalue weighted by Crippen LogP contribution is 2.51. The van der Waals surface area contributed by atoms with Gasteiger partial charge in [0.05, 0.1) is 6.16 Å². The molecule has 1 aromatic rings. The molecule has 1 aromatic carbocycles. The average Bonchev–Trinajstić information content (AvgIpc) is 3.26. The van der Waals surface area contributed by atoms with Gasteiger partial charge in [-0.25, -0.2) is 0 Å². The smallest absolute Gasteiger partial charge is 0.312 e. The Morgan fingerprint density at radius 1 is 1.26 bits per heavy atom. The van der Waals surface area contributed by atoms with E-state index >= 15 is 0 Å². The molecule has 0 saturated heterocycles. The van der Waals surface area contributed by atoms with Crippen LogP contribution in [0.15, 0.2) is 30.3 Å². The Bertz CT molecular complexity index is 477. The molecule has 0 heterocycles. The van der Waals surface area contributed by atoms with E-state index in [1.807, 2.05) is 30.3 Å². The van der Waals surface area contributed by atoms with Gasteiger partial charge in [-0.2, -0.15) is 0 Å². The third kappa shape index (κ3) is 3.53. The lowest BCUT2D eigenvalue weighted by Gasteiger charge is -2.12. The van der Waals surface area contributed by atoms with Gasteiger partial charge in [-0.3, -0.25) is 9.36 Å². The number of benzene rings is 1. The fourth-order valence-electron chi connectivity index (χ4n) is 2.31. The van der Waals surface area contributed by atoms with Crippen molar-refractivity contribution in [1.29, 1.82) is 0 Å². The second-order valence-electron chi connectivity index (χ2n) is 4.78. The molecule has 0 N–H and O–H groups in total. The lowest BCUT2D eigenvalue weighted by molar-refractivity contribution is -0.120. The summed E-state index contributed by atoms with van der Waals surface area (Å²) in [5.74, 6) is 0.561. The molecule has 4 nitrogen and oxygen atoms in total. The molecular formula is C14H19O4P. The molecule has 0 radical (unpaired) electrons. The van der Waals surface area contributed by atoms with Crippen LogP contribution < -0.4 is 0 Å². The topological polar surface area (TPSA) is 52.6 Å². The average molecular weight is 282 g/mol. The SMILES string of the molecule is COP(=O)(CCC(=O)C1CC1c1ccccc1)OC. The Labute approximate surface area is 113 Å². The summed E-state index contributed by atoms with van der Waals surface area (Å²) in [5, 5.41) is 0. The van der Waals surface area contributed by atoms with Crippen molar-refractivity contribution < 1.29 is 18.4 Å². The summed E-state index contributed by atoms with van der Waals surface area (Å²) in [6.45, 7) is 0. The van der Waals surface area contributed by atoms with Crippen molar-refractivity contribution in [3.05, 3.63) is 35.9 Å². The van der Waals surface area contributed by atoms with Crippen molar-refractivity contribution >= 4 is 13.4 Å². The summed E-state index contributed by atoms with van der Waals surface area (Å²) in [6.07, 6.45) is 1.32. The van der Waals surface area contributed by atoms with Gasteiger partial charge < -0.3 is 9.05 Å². The van der Waals surface area contributed by atoms with E-state index in [0.717, 1.165) is 6.42 Å². The van der Waals surface area contributed by atoms with Crippen LogP contribution in [-0.4, -0.2) is 26.2 Å². The maximum atomic E-state index is 12.0. The minimum atomic E-state index is -3.06. The molecule has 1 fully saturated rings. The first kappa shape index (κ1) is 14.4. The van der Waals surface area contributed by atoms with Crippen molar-refractivity contribution in [2.45, 2.75) is 18.8 Å². The molecule has 104 valence electrons. The van der Waals surface area contributed by atoms with Gasteiger partial charge in [0, 0.05) is 26.6 Å². The van der Waals surface area contributed by atoms with Crippen LogP contribution in [0.3, 0.4) is 0 Å². The van der Waals surface area contributed by atoms with Crippen molar-refractivity contribution in [1.82, 2.24) is 0 Å². The van der Waals surface area contributed by atoms with Gasteiger partial charge in [-0.15, -0.1) is 0 Å². The molecule has 1 aliphatic rings. The molecule has 0 aromatic heterocycles. The van der Waals surface area contributed by atoms with Crippen LogP contribution in [0.1, 0.15) is 24.3 Å². The van der Waals surface area contributed by atoms with Crippen LogP contribution in [-0.2, 0) is 18.4 Å². The van der Waals surface area contributed by atoms with Gasteiger partial charge in [-0.05, 0) is 17.9 Å². The Kier molecular flexibility index (Phi) is 4.56. The van der Waals surface area contributed by atoms with Crippen LogP contribution in [0, 0.1) is 5.92 Å². The number of carbonyl (C=O) groups excluding carboxylic acids is 1. The summed E-state index contributed by atoms with van der Waals surface area (Å²) >= 11 is 0. The number of carbonyl (C=O) groups is 1. The maximum Gasteiger partial charge on any atom is 0.330 e. The highest BCUT2D eigenvalue weighted by atomic mass is 31.2. The van der Waals surface area contributed by atoms with Crippen molar-refractivity contribution in [2.75, 3.05) is 20.4 Å². The van der Waals surface area contributed by atoms with E-state index in [0.29, 0.717) is 5.92 Å². The monoisotopic (exact) mass is 282 g/mol. The van der Waals surface area contributed by atoms with Gasteiger partial charge in [0.15, 0.2) is 0 Å². The van der Waals surface area contributed by atoms with Crippen LogP contribution in [0.25, 0.3) is 0 Å². The zero-order valence-corrected chi connectivity index (χ0v) is 12.1. The molecule has 19 heavy (non-hydrogen) atoms. The lowest BCUT2D eigenvalue weighted by Crippen LogP contribution is -2.06. The van der Waals surface area contributed by atoms with E-state index in [9.17, 15) is 9.36 Å². The molecule has 0 aliphatic heterocycles. The zero-order chi connectivity index (χ0) is 13.9. The number of rotatable bonds is 7. The van der Waals surface area contributed by atoms with Gasteiger partial charge in [0.2, 0.25) is 0 Å². The summed E-state index contributed by atoms with van der Waals surface area (Å²) in [5.41, 5.74) is 1.21. The van der Waals surface area contributed by atoms with Crippen LogP contribution in [0.4, 0.5) is 0 Å². The van der Waals surface area contributed by atoms with E-state index in [1.165, 1.54) is 19.8 Å². The molecule has 2 rings (SSSR count). The lowest BCUT2D eigenvalue weighted by atomic mass is 10.1. The zero-order valence-electron chi connectivity index (χ0n) is 11.2. The van der Waals surface area contributed by atoms with Gasteiger partial charge in [0.25, 0.3) is 0 Å². The Hall–Kier alpha value is -0.960. The van der Waals surface area contributed by atoms with E-state index in [-0.39, 0.29) is 24.3 Å². The standard InChI is InChI=1S/C14H19O4P/c1-17-19(16,18-2)9-8-14(15)13-10-12(13)11-6-4-3-5-7-11/h3-7,12-13H,8-10H2,1-2H3. The first-order chi connectivity index (χ1) is 9.09. The van der Waals surface area contributed by atoms with Gasteiger partial charge >= 0.3 is 7.60 Å². The Balaban J connectivity index is 1.85. The number of hydrogen-bond acceptors (Lipinski definition) is 4. The van der Waals surface area contributed by atoms with E-state index in [2.05, 4.69) is 0 Å². The normalized spacial score (nSPS) is 22.2. The summed E-state index contributed by atoms with van der Waals surface area (Å²) in [6, 6.07) is 10.0. The molecule has 0 bridgehead atoms. The van der Waals surface area contributed by atoms with Gasteiger partial charge in [-0.1, -0.05) is 30.3 Å². The number of hydrogen-bond donors (Lipinski definition) is 0. The Morgan fingerprint density at radius 3 is 2.47 bits per heavy atom. The predicted molar refractivity (Wildman–Crippen MR) is 73.4 cm³/mol.